The maximum absolute atomic E-state index is 12.8. The Bertz CT molecular complexity index is 854. The van der Waals surface area contributed by atoms with Gasteiger partial charge in [0.25, 0.3) is 5.69 Å². The van der Waals surface area contributed by atoms with Gasteiger partial charge in [-0.25, -0.2) is 4.79 Å². The van der Waals surface area contributed by atoms with Crippen LogP contribution in [0.2, 0.25) is 5.02 Å². The van der Waals surface area contributed by atoms with Gasteiger partial charge in [0, 0.05) is 30.9 Å². The smallest absolute Gasteiger partial charge is 0.338 e. The molecule has 8 nitrogen and oxygen atoms in total. The van der Waals surface area contributed by atoms with Gasteiger partial charge in [-0.1, -0.05) is 17.7 Å². The van der Waals surface area contributed by atoms with Crippen LogP contribution in [-0.2, 0) is 12.7 Å². The number of rotatable bonds is 6. The minimum atomic E-state index is -4.64. The number of nitro benzene ring substituents is 1. The van der Waals surface area contributed by atoms with Crippen molar-refractivity contribution < 1.29 is 22.9 Å². The number of anilines is 1. The van der Waals surface area contributed by atoms with Gasteiger partial charge in [-0.05, 0) is 19.4 Å². The first-order valence-electron chi connectivity index (χ1n) is 7.69. The van der Waals surface area contributed by atoms with Crippen LogP contribution < -0.4 is 10.6 Å². The van der Waals surface area contributed by atoms with Crippen LogP contribution in [0, 0.1) is 17.0 Å². The Morgan fingerprint density at radius 1 is 1.41 bits per heavy atom. The van der Waals surface area contributed by atoms with E-state index in [4.69, 9.17) is 11.6 Å². The third-order valence-corrected chi connectivity index (χ3v) is 4.00. The molecule has 0 atom stereocenters. The van der Waals surface area contributed by atoms with Gasteiger partial charge in [-0.2, -0.15) is 18.3 Å². The Kier molecular flexibility index (Phi) is 6.26. The highest BCUT2D eigenvalue weighted by Crippen LogP contribution is 2.35. The van der Waals surface area contributed by atoms with Crippen LogP contribution in [0.5, 0.6) is 0 Å². The van der Waals surface area contributed by atoms with Gasteiger partial charge < -0.3 is 10.6 Å². The number of aromatic nitrogens is 2. The summed E-state index contributed by atoms with van der Waals surface area (Å²) in [5.74, 6) is 0. The van der Waals surface area contributed by atoms with Crippen molar-refractivity contribution in [3.8, 4) is 0 Å². The summed E-state index contributed by atoms with van der Waals surface area (Å²) in [6.07, 6.45) is -4.33. The summed E-state index contributed by atoms with van der Waals surface area (Å²) in [6.45, 7) is 1.70. The first kappa shape index (κ1) is 20.5. The highest BCUT2D eigenvalue weighted by atomic mass is 35.5. The van der Waals surface area contributed by atoms with Crippen LogP contribution >= 0.6 is 11.6 Å². The Hall–Kier alpha value is -2.82. The second kappa shape index (κ2) is 8.25. The summed E-state index contributed by atoms with van der Waals surface area (Å²) in [5, 5.41) is 18.6. The van der Waals surface area contributed by atoms with Crippen molar-refractivity contribution in [1.29, 1.82) is 0 Å². The van der Waals surface area contributed by atoms with E-state index in [9.17, 15) is 28.1 Å². The zero-order chi connectivity index (χ0) is 20.2. The molecule has 1 aromatic heterocycles. The number of hydrogen-bond acceptors (Lipinski definition) is 4. The van der Waals surface area contributed by atoms with E-state index < -0.39 is 27.8 Å². The molecule has 0 spiro atoms. The molecule has 0 unspecified atom stereocenters. The van der Waals surface area contributed by atoms with E-state index in [1.165, 1.54) is 31.2 Å². The summed E-state index contributed by atoms with van der Waals surface area (Å²) in [5.41, 5.74) is -0.881. The molecule has 0 bridgehead atoms. The molecular formula is C15H15ClF3N5O3. The lowest BCUT2D eigenvalue weighted by molar-refractivity contribution is -0.384. The topological polar surface area (TPSA) is 102 Å². The summed E-state index contributed by atoms with van der Waals surface area (Å²) >= 11 is 5.66. The molecule has 0 radical (unpaired) electrons. The van der Waals surface area contributed by atoms with Gasteiger partial charge in [0.15, 0.2) is 5.69 Å². The maximum Gasteiger partial charge on any atom is 0.436 e. The van der Waals surface area contributed by atoms with Crippen molar-refractivity contribution in [2.24, 2.45) is 0 Å². The Morgan fingerprint density at radius 2 is 2.11 bits per heavy atom. The second-order valence-corrected chi connectivity index (χ2v) is 5.89. The molecule has 146 valence electrons. The van der Waals surface area contributed by atoms with E-state index in [0.717, 1.165) is 4.68 Å². The molecule has 27 heavy (non-hydrogen) atoms. The molecule has 0 aliphatic rings. The molecule has 0 saturated carbocycles. The number of hydrogen-bond donors (Lipinski definition) is 2. The molecule has 0 aliphatic heterocycles. The van der Waals surface area contributed by atoms with Crippen molar-refractivity contribution in [1.82, 2.24) is 15.1 Å². The first-order valence-corrected chi connectivity index (χ1v) is 8.07. The number of nitrogens with one attached hydrogen (secondary N) is 2. The lowest BCUT2D eigenvalue weighted by Gasteiger charge is -2.08. The summed E-state index contributed by atoms with van der Waals surface area (Å²) in [4.78, 5) is 21.9. The number of nitrogens with zero attached hydrogens (tertiary/aromatic N) is 3. The number of carbonyl (C=O) groups excluding carboxylic acids is 1. The number of carbonyl (C=O) groups is 1. The van der Waals surface area contributed by atoms with Crippen LogP contribution in [0.25, 0.3) is 0 Å². The standard InChI is InChI=1S/C15H15ClF3N5O3/c1-9-12(16)13(15(17,18)19)22-23(9)7-3-6-20-14(25)21-10-4-2-5-11(8-10)24(26)27/h2,4-5,8H,3,6-7H2,1H3,(H2,20,21,25). The molecule has 0 saturated heterocycles. The van der Waals surface area contributed by atoms with Crippen molar-refractivity contribution in [3.63, 3.8) is 0 Å². The first-order chi connectivity index (χ1) is 12.6. The quantitative estimate of drug-likeness (QED) is 0.431. The van der Waals surface area contributed by atoms with Gasteiger partial charge in [0.2, 0.25) is 0 Å². The molecule has 12 heteroatoms. The average molecular weight is 406 g/mol. The molecule has 2 amide bonds. The lowest BCUT2D eigenvalue weighted by atomic mass is 10.3. The number of halogens is 4. The van der Waals surface area contributed by atoms with Gasteiger partial charge in [0.1, 0.15) is 0 Å². The SMILES string of the molecule is Cc1c(Cl)c(C(F)(F)F)nn1CCCNC(=O)Nc1cccc([N+](=O)[O-])c1. The number of urea groups is 1. The molecule has 2 N–H and O–H groups in total. The molecule has 0 fully saturated rings. The van der Waals surface area contributed by atoms with E-state index in [2.05, 4.69) is 15.7 Å². The summed E-state index contributed by atoms with van der Waals surface area (Å²) < 4.78 is 39.4. The third-order valence-electron chi connectivity index (χ3n) is 3.55. The number of alkyl halides is 3. The zero-order valence-corrected chi connectivity index (χ0v) is 14.8. The Morgan fingerprint density at radius 3 is 2.70 bits per heavy atom. The van der Waals surface area contributed by atoms with Crippen molar-refractivity contribution in [2.45, 2.75) is 26.1 Å². The Labute approximate surface area is 156 Å². The molecule has 2 rings (SSSR count). The minimum Gasteiger partial charge on any atom is -0.338 e. The van der Waals surface area contributed by atoms with E-state index in [1.807, 2.05) is 0 Å². The lowest BCUT2D eigenvalue weighted by Crippen LogP contribution is -2.30. The molecular weight excluding hydrogens is 391 g/mol. The van der Waals surface area contributed by atoms with Crippen molar-refractivity contribution >= 4 is 29.0 Å². The number of nitro groups is 1. The van der Waals surface area contributed by atoms with E-state index in [0.29, 0.717) is 6.42 Å². The zero-order valence-electron chi connectivity index (χ0n) is 14.0. The van der Waals surface area contributed by atoms with Gasteiger partial charge in [0.05, 0.1) is 15.6 Å². The second-order valence-electron chi connectivity index (χ2n) is 5.51. The predicted molar refractivity (Wildman–Crippen MR) is 91.7 cm³/mol. The average Bonchev–Trinajstić information content (AvgIpc) is 2.87. The van der Waals surface area contributed by atoms with Crippen LogP contribution in [-0.4, -0.2) is 27.3 Å². The van der Waals surface area contributed by atoms with E-state index in [1.54, 1.807) is 0 Å². The van der Waals surface area contributed by atoms with Crippen molar-refractivity contribution in [3.05, 3.63) is 50.8 Å². The van der Waals surface area contributed by atoms with Gasteiger partial charge in [-0.3, -0.25) is 14.8 Å². The van der Waals surface area contributed by atoms with E-state index >= 15 is 0 Å². The number of amides is 2. The number of aryl methyl sites for hydroxylation is 1. The van der Waals surface area contributed by atoms with Crippen molar-refractivity contribution in [2.75, 3.05) is 11.9 Å². The van der Waals surface area contributed by atoms with Crippen LogP contribution in [0.15, 0.2) is 24.3 Å². The minimum absolute atomic E-state index is 0.124. The van der Waals surface area contributed by atoms with Gasteiger partial charge in [-0.15, -0.1) is 0 Å². The summed E-state index contributed by atoms with van der Waals surface area (Å²) in [6, 6.07) is 4.81. The predicted octanol–water partition coefficient (Wildman–Crippen LogP) is 3.98. The summed E-state index contributed by atoms with van der Waals surface area (Å²) in [7, 11) is 0. The number of non-ortho nitro benzene ring substituents is 1. The fourth-order valence-corrected chi connectivity index (χ4v) is 2.47. The molecule has 0 aliphatic carbocycles. The molecule has 1 heterocycles. The maximum atomic E-state index is 12.8. The van der Waals surface area contributed by atoms with Gasteiger partial charge >= 0.3 is 12.2 Å². The fraction of sp³-hybridized carbons (Fsp3) is 0.333. The largest absolute Gasteiger partial charge is 0.436 e. The van der Waals surface area contributed by atoms with E-state index in [-0.39, 0.29) is 30.2 Å². The van der Waals surface area contributed by atoms with Crippen LogP contribution in [0.4, 0.5) is 29.3 Å². The molecule has 1 aromatic carbocycles. The normalized spacial score (nSPS) is 11.3. The fourth-order valence-electron chi connectivity index (χ4n) is 2.23. The van der Waals surface area contributed by atoms with Crippen LogP contribution in [0.1, 0.15) is 17.8 Å². The third kappa shape index (κ3) is 5.33. The molecule has 2 aromatic rings. The highest BCUT2D eigenvalue weighted by molar-refractivity contribution is 6.31. The number of benzene rings is 1. The van der Waals surface area contributed by atoms with Crippen LogP contribution in [0.3, 0.4) is 0 Å². The highest BCUT2D eigenvalue weighted by Gasteiger charge is 2.38. The monoisotopic (exact) mass is 405 g/mol. The Balaban J connectivity index is 1.84.